The van der Waals surface area contributed by atoms with Crippen molar-refractivity contribution in [2.75, 3.05) is 13.1 Å². The monoisotopic (exact) mass is 326 g/mol. The van der Waals surface area contributed by atoms with Gasteiger partial charge in [-0.15, -0.1) is 19.0 Å². The summed E-state index contributed by atoms with van der Waals surface area (Å²) in [5, 5.41) is 3.35. The fourth-order valence-corrected chi connectivity index (χ4v) is 2.83. The summed E-state index contributed by atoms with van der Waals surface area (Å²) in [7, 11) is 0. The van der Waals surface area contributed by atoms with E-state index in [0.29, 0.717) is 24.7 Å². The zero-order chi connectivity index (χ0) is 15.2. The van der Waals surface area contributed by atoms with Gasteiger partial charge in [0.2, 0.25) is 5.91 Å². The first-order valence-electron chi connectivity index (χ1n) is 7.48. The highest BCUT2D eigenvalue weighted by atomic mass is 35.5. The summed E-state index contributed by atoms with van der Waals surface area (Å²) in [4.78, 5) is 14.4. The van der Waals surface area contributed by atoms with E-state index in [1.165, 1.54) is 6.07 Å². The smallest absolute Gasteiger partial charge is 0.226 e. The quantitative estimate of drug-likeness (QED) is 0.843. The average Bonchev–Trinajstić information content (AvgIpc) is 2.48. The molecule has 3 nitrogen and oxygen atoms in total. The Balaban J connectivity index is 0.00000242. The molecule has 22 heavy (non-hydrogen) atoms. The van der Waals surface area contributed by atoms with Gasteiger partial charge in [-0.2, -0.15) is 0 Å². The van der Waals surface area contributed by atoms with Gasteiger partial charge in [0.1, 0.15) is 5.82 Å². The molecule has 1 fully saturated rings. The zero-order valence-electron chi connectivity index (χ0n) is 12.9. The highest BCUT2D eigenvalue weighted by Crippen LogP contribution is 2.20. The van der Waals surface area contributed by atoms with Gasteiger partial charge in [-0.25, -0.2) is 4.39 Å². The lowest BCUT2D eigenvalue weighted by Gasteiger charge is -2.32. The standard InChI is InChI=1S/C17H23FN2O.ClH/c1-3-10-20(12-15-6-4-5-7-16(15)18)17(21)14-8-9-19-13(2)11-14;/h3-7,13-14,19H,1,8-12H2,2H3;1H/t13-,14-;/m0./s1. The normalized spacial score (nSPS) is 20.8. The van der Waals surface area contributed by atoms with Crippen LogP contribution in [0, 0.1) is 11.7 Å². The van der Waals surface area contributed by atoms with Gasteiger partial charge in [0.25, 0.3) is 0 Å². The van der Waals surface area contributed by atoms with Crippen molar-refractivity contribution in [2.24, 2.45) is 5.92 Å². The van der Waals surface area contributed by atoms with Crippen molar-refractivity contribution in [1.29, 1.82) is 0 Å². The Kier molecular flexibility index (Phi) is 7.56. The number of rotatable bonds is 5. The Morgan fingerprint density at radius 2 is 2.23 bits per heavy atom. The van der Waals surface area contributed by atoms with E-state index in [1.54, 1.807) is 29.2 Å². The second-order valence-corrected chi connectivity index (χ2v) is 5.68. The molecule has 1 aliphatic heterocycles. The molecule has 122 valence electrons. The molecule has 1 heterocycles. The molecule has 0 radical (unpaired) electrons. The van der Waals surface area contributed by atoms with Crippen LogP contribution in [-0.4, -0.2) is 29.9 Å². The third-order valence-electron chi connectivity index (χ3n) is 3.95. The number of nitrogens with one attached hydrogen (secondary N) is 1. The van der Waals surface area contributed by atoms with Crippen LogP contribution in [0.1, 0.15) is 25.3 Å². The number of hydrogen-bond acceptors (Lipinski definition) is 2. The number of amides is 1. The second-order valence-electron chi connectivity index (χ2n) is 5.68. The Morgan fingerprint density at radius 3 is 2.86 bits per heavy atom. The van der Waals surface area contributed by atoms with E-state index < -0.39 is 0 Å². The van der Waals surface area contributed by atoms with E-state index >= 15 is 0 Å². The molecule has 1 N–H and O–H groups in total. The number of nitrogens with zero attached hydrogens (tertiary/aromatic N) is 1. The minimum Gasteiger partial charge on any atom is -0.334 e. The SMILES string of the molecule is C=CCN(Cc1ccccc1F)C(=O)[C@H]1CCN[C@@H](C)C1.Cl. The Morgan fingerprint density at radius 1 is 1.50 bits per heavy atom. The summed E-state index contributed by atoms with van der Waals surface area (Å²) in [5.74, 6) is -0.141. The van der Waals surface area contributed by atoms with Crippen LogP contribution in [0.3, 0.4) is 0 Å². The first-order valence-corrected chi connectivity index (χ1v) is 7.48. The summed E-state index contributed by atoms with van der Waals surface area (Å²) in [6, 6.07) is 6.96. The molecule has 1 aromatic carbocycles. The van der Waals surface area contributed by atoms with E-state index in [9.17, 15) is 9.18 Å². The maximum absolute atomic E-state index is 13.8. The van der Waals surface area contributed by atoms with Crippen molar-refractivity contribution in [1.82, 2.24) is 10.2 Å². The van der Waals surface area contributed by atoms with Crippen LogP contribution >= 0.6 is 12.4 Å². The molecule has 0 bridgehead atoms. The predicted octanol–water partition coefficient (Wildman–Crippen LogP) is 3.15. The third kappa shape index (κ3) is 4.82. The predicted molar refractivity (Wildman–Crippen MR) is 89.5 cm³/mol. The van der Waals surface area contributed by atoms with Crippen molar-refractivity contribution in [3.63, 3.8) is 0 Å². The van der Waals surface area contributed by atoms with Crippen molar-refractivity contribution in [2.45, 2.75) is 32.4 Å². The first-order chi connectivity index (χ1) is 10.1. The molecule has 1 aliphatic rings. The maximum atomic E-state index is 13.8. The van der Waals surface area contributed by atoms with Gasteiger partial charge in [0.15, 0.2) is 0 Å². The second kappa shape index (κ2) is 8.91. The fraction of sp³-hybridized carbons (Fsp3) is 0.471. The van der Waals surface area contributed by atoms with E-state index in [0.717, 1.165) is 19.4 Å². The summed E-state index contributed by atoms with van der Waals surface area (Å²) >= 11 is 0. The number of benzene rings is 1. The number of halogens is 2. The molecule has 0 aliphatic carbocycles. The average molecular weight is 327 g/mol. The molecule has 0 saturated carbocycles. The number of carbonyl (C=O) groups is 1. The molecule has 2 atom stereocenters. The van der Waals surface area contributed by atoms with Crippen LogP contribution in [0.25, 0.3) is 0 Å². The minimum atomic E-state index is -0.266. The van der Waals surface area contributed by atoms with Crippen molar-refractivity contribution < 1.29 is 9.18 Å². The molecular formula is C17H24ClFN2O. The van der Waals surface area contributed by atoms with Gasteiger partial charge in [0, 0.05) is 30.6 Å². The van der Waals surface area contributed by atoms with E-state index in [-0.39, 0.29) is 30.0 Å². The summed E-state index contributed by atoms with van der Waals surface area (Å²) < 4.78 is 13.8. The van der Waals surface area contributed by atoms with E-state index in [2.05, 4.69) is 18.8 Å². The largest absolute Gasteiger partial charge is 0.334 e. The van der Waals surface area contributed by atoms with Crippen LogP contribution in [-0.2, 0) is 11.3 Å². The molecule has 0 aromatic heterocycles. The molecule has 1 aromatic rings. The zero-order valence-corrected chi connectivity index (χ0v) is 13.7. The Labute approximate surface area is 138 Å². The molecule has 1 saturated heterocycles. The number of piperidine rings is 1. The van der Waals surface area contributed by atoms with E-state index in [1.807, 2.05) is 0 Å². The van der Waals surface area contributed by atoms with Crippen LogP contribution in [0.5, 0.6) is 0 Å². The first kappa shape index (κ1) is 18.7. The molecule has 0 unspecified atom stereocenters. The molecule has 1 amide bonds. The molecule has 2 rings (SSSR count). The van der Waals surface area contributed by atoms with Gasteiger partial charge in [-0.05, 0) is 32.4 Å². The van der Waals surface area contributed by atoms with Gasteiger partial charge < -0.3 is 10.2 Å². The van der Waals surface area contributed by atoms with Gasteiger partial charge in [-0.3, -0.25) is 4.79 Å². The number of hydrogen-bond donors (Lipinski definition) is 1. The molecule has 5 heteroatoms. The lowest BCUT2D eigenvalue weighted by molar-refractivity contribution is -0.136. The van der Waals surface area contributed by atoms with Crippen LogP contribution in [0.15, 0.2) is 36.9 Å². The maximum Gasteiger partial charge on any atom is 0.226 e. The third-order valence-corrected chi connectivity index (χ3v) is 3.95. The van der Waals surface area contributed by atoms with Crippen molar-refractivity contribution in [3.8, 4) is 0 Å². The van der Waals surface area contributed by atoms with Crippen LogP contribution < -0.4 is 5.32 Å². The lowest BCUT2D eigenvalue weighted by atomic mass is 9.92. The summed E-state index contributed by atoms with van der Waals surface area (Å²) in [6.07, 6.45) is 3.38. The van der Waals surface area contributed by atoms with Crippen molar-refractivity contribution >= 4 is 18.3 Å². The van der Waals surface area contributed by atoms with Gasteiger partial charge in [0.05, 0.1) is 0 Å². The van der Waals surface area contributed by atoms with Gasteiger partial charge in [-0.1, -0.05) is 24.3 Å². The minimum absolute atomic E-state index is 0. The highest BCUT2D eigenvalue weighted by molar-refractivity contribution is 5.85. The summed E-state index contributed by atoms with van der Waals surface area (Å²) in [6.45, 7) is 7.41. The topological polar surface area (TPSA) is 32.3 Å². The Hall–Kier alpha value is -1.39. The Bertz CT molecular complexity index is 509. The van der Waals surface area contributed by atoms with Crippen LogP contribution in [0.4, 0.5) is 4.39 Å². The highest BCUT2D eigenvalue weighted by Gasteiger charge is 2.28. The van der Waals surface area contributed by atoms with Crippen LogP contribution in [0.2, 0.25) is 0 Å². The molecule has 0 spiro atoms. The molecular weight excluding hydrogens is 303 g/mol. The summed E-state index contributed by atoms with van der Waals surface area (Å²) in [5.41, 5.74) is 0.551. The van der Waals surface area contributed by atoms with E-state index in [4.69, 9.17) is 0 Å². The van der Waals surface area contributed by atoms with Crippen molar-refractivity contribution in [3.05, 3.63) is 48.3 Å². The fourth-order valence-electron chi connectivity index (χ4n) is 2.83. The number of carbonyl (C=O) groups excluding carboxylic acids is 1. The lowest BCUT2D eigenvalue weighted by Crippen LogP contribution is -2.44. The van der Waals surface area contributed by atoms with Gasteiger partial charge >= 0.3 is 0 Å².